The summed E-state index contributed by atoms with van der Waals surface area (Å²) in [4.78, 5) is 38.3. The number of hydrogen-bond donors (Lipinski definition) is 3. The summed E-state index contributed by atoms with van der Waals surface area (Å²) >= 11 is 0. The maximum atomic E-state index is 15.5. The van der Waals surface area contributed by atoms with Crippen LogP contribution in [-0.4, -0.2) is 57.3 Å². The lowest BCUT2D eigenvalue weighted by Gasteiger charge is -2.27. The van der Waals surface area contributed by atoms with Crippen LogP contribution in [0.1, 0.15) is 52.2 Å². The average Bonchev–Trinajstić information content (AvgIpc) is 3.12. The van der Waals surface area contributed by atoms with Crippen LogP contribution in [0, 0.1) is 0 Å². The minimum absolute atomic E-state index is 0.169. The van der Waals surface area contributed by atoms with E-state index in [1.54, 1.807) is 18.2 Å². The Kier molecular flexibility index (Phi) is 9.07. The fourth-order valence-corrected chi connectivity index (χ4v) is 6.09. The molecule has 2 aromatic rings. The van der Waals surface area contributed by atoms with Crippen LogP contribution >= 0.6 is 7.75 Å². The molecule has 1 saturated carbocycles. The smallest absolute Gasteiger partial charge is 0.459 e. The van der Waals surface area contributed by atoms with Crippen LogP contribution < -0.4 is 20.9 Å². The van der Waals surface area contributed by atoms with Gasteiger partial charge in [0.25, 0.3) is 5.56 Å². The van der Waals surface area contributed by atoms with E-state index in [0.717, 1.165) is 55.9 Å². The summed E-state index contributed by atoms with van der Waals surface area (Å²) in [5.74, 6) is -0.463. The number of esters is 1. The normalized spacial score (nSPS) is 27.9. The summed E-state index contributed by atoms with van der Waals surface area (Å²) in [7, 11) is -4.31. The van der Waals surface area contributed by atoms with Gasteiger partial charge < -0.3 is 19.1 Å². The first-order valence-electron chi connectivity index (χ1n) is 12.8. The molecule has 2 aliphatic rings. The van der Waals surface area contributed by atoms with E-state index in [4.69, 9.17) is 18.5 Å². The first-order chi connectivity index (χ1) is 18.5. The average molecular weight is 570 g/mol. The highest BCUT2D eigenvalue weighted by molar-refractivity contribution is 7.52. The van der Waals surface area contributed by atoms with Crippen LogP contribution in [0.25, 0.3) is 0 Å². The molecule has 0 spiro atoms. The number of halogens is 1. The fraction of sp³-hybridized carbons (Fsp3) is 0.560. The molecule has 0 radical (unpaired) electrons. The summed E-state index contributed by atoms with van der Waals surface area (Å²) < 4.78 is 52.4. The number of para-hydroxylation sites is 1. The zero-order chi connectivity index (χ0) is 28.2. The first-order valence-corrected chi connectivity index (χ1v) is 14.3. The van der Waals surface area contributed by atoms with Gasteiger partial charge in [-0.2, -0.15) is 5.09 Å². The Labute approximate surface area is 224 Å². The fourth-order valence-electron chi connectivity index (χ4n) is 4.58. The Morgan fingerprint density at radius 1 is 1.26 bits per heavy atom. The lowest BCUT2D eigenvalue weighted by molar-refractivity contribution is -0.152. The largest absolute Gasteiger partial charge is 0.461 e. The highest BCUT2D eigenvalue weighted by Gasteiger charge is 2.56. The monoisotopic (exact) mass is 569 g/mol. The van der Waals surface area contributed by atoms with Crippen LogP contribution in [0.15, 0.2) is 52.2 Å². The molecule has 1 saturated heterocycles. The molecule has 2 fully saturated rings. The lowest BCUT2D eigenvalue weighted by atomic mass is 9.98. The van der Waals surface area contributed by atoms with E-state index in [1.165, 1.54) is 19.1 Å². The summed E-state index contributed by atoms with van der Waals surface area (Å²) in [6.07, 6.45) is 0.537. The van der Waals surface area contributed by atoms with Crippen LogP contribution in [0.3, 0.4) is 0 Å². The van der Waals surface area contributed by atoms with Crippen molar-refractivity contribution in [2.45, 2.75) is 82.2 Å². The standard InChI is InChI=1S/C25H33FN3O9P/c1-16(22(32)36-17-9-5-3-6-10-17)28-39(34,38-18-11-7-4-8-12-18)35-15-19-21(31)25(2,26)23(37-19)29-14-13-20(30)27-24(29)33/h4,7-8,11-14,16-17,19,21,23,31H,3,5-6,9-10,15H2,1-2H3,(H,28,34)(H,27,30,33)/t16-,19+,21+,23+,25?,39?/m0/s1. The van der Waals surface area contributed by atoms with Gasteiger partial charge >= 0.3 is 19.4 Å². The molecule has 1 aliphatic carbocycles. The molecule has 1 aromatic heterocycles. The van der Waals surface area contributed by atoms with E-state index in [-0.39, 0.29) is 11.9 Å². The van der Waals surface area contributed by atoms with E-state index in [0.29, 0.717) is 0 Å². The van der Waals surface area contributed by atoms with Crippen molar-refractivity contribution in [2.24, 2.45) is 0 Å². The predicted molar refractivity (Wildman–Crippen MR) is 137 cm³/mol. The topological polar surface area (TPSA) is 158 Å². The van der Waals surface area contributed by atoms with Crippen molar-refractivity contribution in [3.63, 3.8) is 0 Å². The van der Waals surface area contributed by atoms with E-state index in [2.05, 4.69) is 5.09 Å². The lowest BCUT2D eigenvalue weighted by Crippen LogP contribution is -2.44. The minimum Gasteiger partial charge on any atom is -0.461 e. The van der Waals surface area contributed by atoms with Gasteiger partial charge in [0.15, 0.2) is 11.9 Å². The maximum Gasteiger partial charge on any atom is 0.459 e. The third kappa shape index (κ3) is 7.03. The van der Waals surface area contributed by atoms with Crippen LogP contribution in [0.5, 0.6) is 5.75 Å². The molecule has 214 valence electrons. The van der Waals surface area contributed by atoms with E-state index in [1.807, 2.05) is 4.98 Å². The quantitative estimate of drug-likeness (QED) is 0.287. The van der Waals surface area contributed by atoms with Crippen molar-refractivity contribution in [2.75, 3.05) is 6.61 Å². The van der Waals surface area contributed by atoms with Crippen molar-refractivity contribution in [3.05, 3.63) is 63.4 Å². The van der Waals surface area contributed by atoms with Gasteiger partial charge in [-0.1, -0.05) is 24.6 Å². The van der Waals surface area contributed by atoms with Crippen LogP contribution in [0.2, 0.25) is 0 Å². The number of carbonyl (C=O) groups excluding carboxylic acids is 1. The Balaban J connectivity index is 1.48. The van der Waals surface area contributed by atoms with Gasteiger partial charge in [0.1, 0.15) is 30.1 Å². The van der Waals surface area contributed by atoms with Gasteiger partial charge in [-0.05, 0) is 51.7 Å². The molecule has 1 aromatic carbocycles. The van der Waals surface area contributed by atoms with Gasteiger partial charge in [0.2, 0.25) is 0 Å². The second-order valence-corrected chi connectivity index (χ2v) is 11.6. The Morgan fingerprint density at radius 3 is 2.62 bits per heavy atom. The molecule has 14 heteroatoms. The van der Waals surface area contributed by atoms with Crippen molar-refractivity contribution >= 4 is 13.7 Å². The Bertz CT molecular complexity index is 1300. The SMILES string of the molecule is C[C@H](NP(=O)(OC[C@H]1O[C@@H](n2ccc(=O)[nH]c2=O)C(C)(F)[C@@H]1O)Oc1ccccc1)C(=O)OC1CCCCC1. The summed E-state index contributed by atoms with van der Waals surface area (Å²) in [6, 6.07) is 7.99. The van der Waals surface area contributed by atoms with Gasteiger partial charge in [-0.15, -0.1) is 0 Å². The molecule has 6 atom stereocenters. The maximum absolute atomic E-state index is 15.5. The molecule has 4 rings (SSSR count). The van der Waals surface area contributed by atoms with E-state index < -0.39 is 61.7 Å². The zero-order valence-corrected chi connectivity index (χ0v) is 22.6. The van der Waals surface area contributed by atoms with Crippen molar-refractivity contribution in [1.29, 1.82) is 0 Å². The number of H-pyrrole nitrogens is 1. The number of alkyl halides is 1. The second kappa shape index (κ2) is 12.1. The minimum atomic E-state index is -4.31. The number of nitrogens with zero attached hydrogens (tertiary/aromatic N) is 1. The molecule has 2 unspecified atom stereocenters. The Morgan fingerprint density at radius 2 is 1.95 bits per heavy atom. The second-order valence-electron chi connectivity index (χ2n) is 9.89. The third-order valence-electron chi connectivity index (χ3n) is 6.74. The predicted octanol–water partition coefficient (Wildman–Crippen LogP) is 2.58. The van der Waals surface area contributed by atoms with Crippen molar-refractivity contribution in [3.8, 4) is 5.75 Å². The van der Waals surface area contributed by atoms with Crippen molar-refractivity contribution in [1.82, 2.24) is 14.6 Å². The number of benzene rings is 1. The number of nitrogens with one attached hydrogen (secondary N) is 2. The van der Waals surface area contributed by atoms with E-state index in [9.17, 15) is 24.1 Å². The number of aliphatic hydroxyl groups excluding tert-OH is 1. The molecule has 3 N–H and O–H groups in total. The highest BCUT2D eigenvalue weighted by atomic mass is 31.2. The van der Waals surface area contributed by atoms with Gasteiger partial charge in [0.05, 0.1) is 6.61 Å². The third-order valence-corrected chi connectivity index (χ3v) is 8.38. The van der Waals surface area contributed by atoms with Gasteiger partial charge in [0, 0.05) is 12.3 Å². The molecule has 0 amide bonds. The van der Waals surface area contributed by atoms with Gasteiger partial charge in [-0.25, -0.2) is 13.8 Å². The zero-order valence-electron chi connectivity index (χ0n) is 21.7. The van der Waals surface area contributed by atoms with Crippen LogP contribution in [-0.2, 0) is 23.4 Å². The molecule has 0 bridgehead atoms. The molecular formula is C25H33FN3O9P. The van der Waals surface area contributed by atoms with Crippen LogP contribution in [0.4, 0.5) is 4.39 Å². The molecule has 39 heavy (non-hydrogen) atoms. The highest BCUT2D eigenvalue weighted by Crippen LogP contribution is 2.47. The van der Waals surface area contributed by atoms with Crippen molar-refractivity contribution < 1.29 is 37.4 Å². The number of ether oxygens (including phenoxy) is 2. The number of rotatable bonds is 10. The molecule has 2 heterocycles. The molecular weight excluding hydrogens is 536 g/mol. The summed E-state index contributed by atoms with van der Waals surface area (Å²) in [5, 5.41) is 13.2. The van der Waals surface area contributed by atoms with E-state index >= 15 is 4.39 Å². The summed E-state index contributed by atoms with van der Waals surface area (Å²) in [5.41, 5.74) is -4.10. The first kappa shape index (κ1) is 29.2. The number of hydrogen-bond acceptors (Lipinski definition) is 9. The number of aliphatic hydroxyl groups is 1. The summed E-state index contributed by atoms with van der Waals surface area (Å²) in [6.45, 7) is 1.85. The number of aromatic amines is 1. The van der Waals surface area contributed by atoms with Gasteiger partial charge in [-0.3, -0.25) is 23.7 Å². The number of carbonyl (C=O) groups is 1. The molecule has 1 aliphatic heterocycles. The molecule has 12 nitrogen and oxygen atoms in total. The number of aromatic nitrogens is 2. The Hall–Kier alpha value is -2.83.